The standard InChI is InChI=1S/C25H23BrCl2N2O3/c1-31-24-13-17(12-22(26)25(24)33-16-18-2-3-19(27)14-23(18)28)15-29-20-4-6-21(7-5-20)30-8-10-32-11-9-30/h2-7,12-15H,8-11,16H2,1H3. The van der Waals surface area contributed by atoms with Crippen LogP contribution in [-0.2, 0) is 11.3 Å². The minimum Gasteiger partial charge on any atom is -0.493 e. The Labute approximate surface area is 212 Å². The van der Waals surface area contributed by atoms with E-state index in [1.54, 1.807) is 25.5 Å². The molecule has 0 bridgehead atoms. The Hall–Kier alpha value is -2.25. The van der Waals surface area contributed by atoms with Crippen LogP contribution in [0, 0.1) is 0 Å². The van der Waals surface area contributed by atoms with Gasteiger partial charge >= 0.3 is 0 Å². The molecule has 4 rings (SSSR count). The Balaban J connectivity index is 1.46. The predicted molar refractivity (Wildman–Crippen MR) is 138 cm³/mol. The van der Waals surface area contributed by atoms with E-state index >= 15 is 0 Å². The van der Waals surface area contributed by atoms with Crippen molar-refractivity contribution >= 4 is 56.7 Å². The first kappa shape index (κ1) is 23.9. The van der Waals surface area contributed by atoms with Gasteiger partial charge in [0.15, 0.2) is 11.5 Å². The summed E-state index contributed by atoms with van der Waals surface area (Å²) >= 11 is 15.8. The zero-order chi connectivity index (χ0) is 23.2. The maximum Gasteiger partial charge on any atom is 0.175 e. The zero-order valence-corrected chi connectivity index (χ0v) is 21.2. The molecular formula is C25H23BrCl2N2O3. The molecule has 5 nitrogen and oxygen atoms in total. The Bertz CT molecular complexity index is 1130. The topological polar surface area (TPSA) is 43.3 Å². The van der Waals surface area contributed by atoms with Gasteiger partial charge < -0.3 is 19.1 Å². The molecule has 1 fully saturated rings. The molecule has 33 heavy (non-hydrogen) atoms. The molecule has 1 saturated heterocycles. The molecule has 1 heterocycles. The molecule has 0 unspecified atom stereocenters. The number of hydrogen-bond acceptors (Lipinski definition) is 5. The second-order valence-corrected chi connectivity index (χ2v) is 9.13. The SMILES string of the molecule is COc1cc(C=Nc2ccc(N3CCOCC3)cc2)cc(Br)c1OCc1ccc(Cl)cc1Cl. The smallest absolute Gasteiger partial charge is 0.175 e. The van der Waals surface area contributed by atoms with Crippen molar-refractivity contribution in [1.82, 2.24) is 0 Å². The maximum absolute atomic E-state index is 6.25. The van der Waals surface area contributed by atoms with Crippen molar-refractivity contribution in [3.05, 3.63) is 80.2 Å². The van der Waals surface area contributed by atoms with Gasteiger partial charge in [-0.15, -0.1) is 0 Å². The van der Waals surface area contributed by atoms with Crippen molar-refractivity contribution in [2.75, 3.05) is 38.3 Å². The Morgan fingerprint density at radius 1 is 1.06 bits per heavy atom. The van der Waals surface area contributed by atoms with Crippen molar-refractivity contribution in [3.8, 4) is 11.5 Å². The van der Waals surface area contributed by atoms with E-state index < -0.39 is 0 Å². The lowest BCUT2D eigenvalue weighted by Gasteiger charge is -2.28. The molecule has 0 aromatic heterocycles. The van der Waals surface area contributed by atoms with E-state index in [1.165, 1.54) is 5.69 Å². The normalized spacial score (nSPS) is 14.0. The lowest BCUT2D eigenvalue weighted by atomic mass is 10.2. The molecule has 1 aliphatic heterocycles. The Morgan fingerprint density at radius 3 is 2.52 bits per heavy atom. The molecule has 8 heteroatoms. The Morgan fingerprint density at radius 2 is 1.82 bits per heavy atom. The number of benzene rings is 3. The average Bonchev–Trinajstić information content (AvgIpc) is 2.83. The molecule has 3 aromatic carbocycles. The minimum atomic E-state index is 0.286. The van der Waals surface area contributed by atoms with E-state index in [0.29, 0.717) is 21.5 Å². The van der Waals surface area contributed by atoms with Gasteiger partial charge in [-0.2, -0.15) is 0 Å². The molecule has 0 atom stereocenters. The van der Waals surface area contributed by atoms with E-state index in [1.807, 2.05) is 30.3 Å². The van der Waals surface area contributed by atoms with Gasteiger partial charge in [0.25, 0.3) is 0 Å². The summed E-state index contributed by atoms with van der Waals surface area (Å²) in [6.07, 6.45) is 1.80. The van der Waals surface area contributed by atoms with E-state index in [4.69, 9.17) is 37.4 Å². The summed E-state index contributed by atoms with van der Waals surface area (Å²) in [4.78, 5) is 6.92. The number of anilines is 1. The highest BCUT2D eigenvalue weighted by Gasteiger charge is 2.13. The van der Waals surface area contributed by atoms with Crippen molar-refractivity contribution in [3.63, 3.8) is 0 Å². The van der Waals surface area contributed by atoms with Gasteiger partial charge in [-0.25, -0.2) is 0 Å². The van der Waals surface area contributed by atoms with Crippen LogP contribution in [0.1, 0.15) is 11.1 Å². The quantitative estimate of drug-likeness (QED) is 0.300. The summed E-state index contributed by atoms with van der Waals surface area (Å²) in [5, 5.41) is 1.14. The molecule has 0 saturated carbocycles. The second kappa shape index (κ2) is 11.3. The van der Waals surface area contributed by atoms with E-state index in [2.05, 4.69) is 38.0 Å². The fourth-order valence-corrected chi connectivity index (χ4v) is 4.50. The van der Waals surface area contributed by atoms with Crippen molar-refractivity contribution in [2.24, 2.45) is 4.99 Å². The van der Waals surface area contributed by atoms with Crippen LogP contribution in [-0.4, -0.2) is 39.6 Å². The van der Waals surface area contributed by atoms with Crippen molar-refractivity contribution < 1.29 is 14.2 Å². The van der Waals surface area contributed by atoms with Crippen LogP contribution in [0.4, 0.5) is 11.4 Å². The van der Waals surface area contributed by atoms with Gasteiger partial charge in [-0.1, -0.05) is 29.3 Å². The molecule has 0 amide bonds. The molecule has 0 spiro atoms. The molecule has 1 aliphatic rings. The zero-order valence-electron chi connectivity index (χ0n) is 18.1. The largest absolute Gasteiger partial charge is 0.493 e. The molecule has 172 valence electrons. The monoisotopic (exact) mass is 548 g/mol. The fraction of sp³-hybridized carbons (Fsp3) is 0.240. The number of methoxy groups -OCH3 is 1. The van der Waals surface area contributed by atoms with Gasteiger partial charge in [0.1, 0.15) is 6.61 Å². The number of hydrogen-bond donors (Lipinski definition) is 0. The number of halogens is 3. The van der Waals surface area contributed by atoms with Crippen LogP contribution >= 0.6 is 39.1 Å². The molecule has 3 aromatic rings. The number of nitrogens with zero attached hydrogens (tertiary/aromatic N) is 2. The van der Waals surface area contributed by atoms with Gasteiger partial charge in [-0.05, 0) is 70.0 Å². The summed E-state index contributed by atoms with van der Waals surface area (Å²) in [5.74, 6) is 1.19. The average molecular weight is 550 g/mol. The number of ether oxygens (including phenoxy) is 3. The highest BCUT2D eigenvalue weighted by molar-refractivity contribution is 9.10. The highest BCUT2D eigenvalue weighted by atomic mass is 79.9. The van der Waals surface area contributed by atoms with Crippen LogP contribution in [0.5, 0.6) is 11.5 Å². The van der Waals surface area contributed by atoms with E-state index in [9.17, 15) is 0 Å². The summed E-state index contributed by atoms with van der Waals surface area (Å²) in [7, 11) is 1.61. The third-order valence-corrected chi connectivity index (χ3v) is 6.40. The number of morpholine rings is 1. The number of aliphatic imine (C=N–C) groups is 1. The molecule has 0 N–H and O–H groups in total. The fourth-order valence-electron chi connectivity index (χ4n) is 3.46. The first-order valence-corrected chi connectivity index (χ1v) is 12.0. The lowest BCUT2D eigenvalue weighted by molar-refractivity contribution is 0.122. The lowest BCUT2D eigenvalue weighted by Crippen LogP contribution is -2.36. The van der Waals surface area contributed by atoms with Crippen LogP contribution in [0.3, 0.4) is 0 Å². The van der Waals surface area contributed by atoms with Crippen LogP contribution < -0.4 is 14.4 Å². The van der Waals surface area contributed by atoms with E-state index in [0.717, 1.165) is 47.6 Å². The van der Waals surface area contributed by atoms with Gasteiger partial charge in [0.2, 0.25) is 0 Å². The Kier molecular flexibility index (Phi) is 8.15. The minimum absolute atomic E-state index is 0.286. The van der Waals surface area contributed by atoms with Gasteiger partial charge in [-0.3, -0.25) is 4.99 Å². The number of rotatable bonds is 7. The summed E-state index contributed by atoms with van der Waals surface area (Å²) < 4.78 is 17.7. The van der Waals surface area contributed by atoms with Crippen LogP contribution in [0.2, 0.25) is 10.0 Å². The molecular weight excluding hydrogens is 527 g/mol. The van der Waals surface area contributed by atoms with Gasteiger partial charge in [0, 0.05) is 40.6 Å². The second-order valence-electron chi connectivity index (χ2n) is 7.43. The summed E-state index contributed by atoms with van der Waals surface area (Å²) in [5.41, 5.74) is 3.78. The van der Waals surface area contributed by atoms with Gasteiger partial charge in [0.05, 0.1) is 30.5 Å². The van der Waals surface area contributed by atoms with E-state index in [-0.39, 0.29) is 6.61 Å². The third-order valence-electron chi connectivity index (χ3n) is 5.23. The van der Waals surface area contributed by atoms with Crippen LogP contribution in [0.25, 0.3) is 0 Å². The van der Waals surface area contributed by atoms with Crippen LogP contribution in [0.15, 0.2) is 64.1 Å². The summed E-state index contributed by atoms with van der Waals surface area (Å²) in [6, 6.07) is 17.4. The molecule has 0 radical (unpaired) electrons. The maximum atomic E-state index is 6.25. The highest BCUT2D eigenvalue weighted by Crippen LogP contribution is 2.37. The van der Waals surface area contributed by atoms with Crippen molar-refractivity contribution in [2.45, 2.75) is 6.61 Å². The summed E-state index contributed by atoms with van der Waals surface area (Å²) in [6.45, 7) is 3.64. The predicted octanol–water partition coefficient (Wildman–Crippen LogP) is 6.93. The molecule has 0 aliphatic carbocycles. The third kappa shape index (κ3) is 6.21. The first-order valence-electron chi connectivity index (χ1n) is 10.4. The van der Waals surface area contributed by atoms with Crippen molar-refractivity contribution in [1.29, 1.82) is 0 Å². The first-order chi connectivity index (χ1) is 16.0.